The molecule has 0 radical (unpaired) electrons. The van der Waals surface area contributed by atoms with Gasteiger partial charge in [-0.15, -0.1) is 0 Å². The molecule has 1 aromatic rings. The van der Waals surface area contributed by atoms with Crippen LogP contribution < -0.4 is 5.14 Å². The monoisotopic (exact) mass is 311 g/mol. The van der Waals surface area contributed by atoms with Crippen molar-refractivity contribution >= 4 is 16.0 Å². The molecule has 2 N–H and O–H groups in total. The molecule has 0 spiro atoms. The number of carbonyl (C=O) groups is 1. The fourth-order valence-corrected chi connectivity index (χ4v) is 3.55. The zero-order valence-electron chi connectivity index (χ0n) is 12.4. The molecule has 0 aromatic heterocycles. The van der Waals surface area contributed by atoms with Crippen molar-refractivity contribution in [3.05, 3.63) is 28.8 Å². The predicted octanol–water partition coefficient (Wildman–Crippen LogP) is 2.44. The average Bonchev–Trinajstić information content (AvgIpc) is 2.38. The van der Waals surface area contributed by atoms with Gasteiger partial charge in [0.15, 0.2) is 0 Å². The molecule has 0 aliphatic heterocycles. The fraction of sp³-hybridized carbons (Fsp3) is 0.533. The van der Waals surface area contributed by atoms with Crippen LogP contribution in [0.3, 0.4) is 0 Å². The first kappa shape index (κ1) is 16.0. The Balaban J connectivity index is 2.28. The van der Waals surface area contributed by atoms with E-state index in [4.69, 9.17) is 9.88 Å². The summed E-state index contributed by atoms with van der Waals surface area (Å²) in [5, 5.41) is 5.18. The molecule has 1 fully saturated rings. The number of sulfonamides is 1. The van der Waals surface area contributed by atoms with Crippen molar-refractivity contribution in [2.75, 3.05) is 0 Å². The molecule has 0 amide bonds. The third-order valence-electron chi connectivity index (χ3n) is 3.87. The molecule has 2 rings (SSSR count). The lowest BCUT2D eigenvalue weighted by molar-refractivity contribution is 0.0210. The van der Waals surface area contributed by atoms with E-state index in [-0.39, 0.29) is 16.6 Å². The lowest BCUT2D eigenvalue weighted by atomic mass is 9.97. The molecule has 1 saturated carbocycles. The molecule has 21 heavy (non-hydrogen) atoms. The van der Waals surface area contributed by atoms with Gasteiger partial charge in [-0.3, -0.25) is 0 Å². The van der Waals surface area contributed by atoms with Gasteiger partial charge in [0.2, 0.25) is 10.0 Å². The van der Waals surface area contributed by atoms with Gasteiger partial charge >= 0.3 is 5.97 Å². The quantitative estimate of drug-likeness (QED) is 0.869. The normalized spacial score (nSPS) is 16.7. The van der Waals surface area contributed by atoms with Gasteiger partial charge in [-0.2, -0.15) is 0 Å². The highest BCUT2D eigenvalue weighted by Gasteiger charge is 2.22. The minimum Gasteiger partial charge on any atom is -0.459 e. The summed E-state index contributed by atoms with van der Waals surface area (Å²) in [5.74, 6) is -0.468. The van der Waals surface area contributed by atoms with Crippen LogP contribution in [0.15, 0.2) is 17.0 Å². The van der Waals surface area contributed by atoms with Crippen LogP contribution in [0.4, 0.5) is 0 Å². The van der Waals surface area contributed by atoms with Crippen LogP contribution in [0.5, 0.6) is 0 Å². The van der Waals surface area contributed by atoms with Gasteiger partial charge in [0.05, 0.1) is 10.5 Å². The van der Waals surface area contributed by atoms with Crippen LogP contribution in [0.1, 0.15) is 53.6 Å². The van der Waals surface area contributed by atoms with E-state index in [0.717, 1.165) is 25.7 Å². The van der Waals surface area contributed by atoms with Gasteiger partial charge in [0.25, 0.3) is 0 Å². The third-order valence-corrected chi connectivity index (χ3v) is 4.93. The molecule has 0 saturated heterocycles. The van der Waals surface area contributed by atoms with E-state index >= 15 is 0 Å². The van der Waals surface area contributed by atoms with Gasteiger partial charge in [-0.25, -0.2) is 18.4 Å². The molecule has 116 valence electrons. The van der Waals surface area contributed by atoms with Crippen LogP contribution in [0.25, 0.3) is 0 Å². The number of primary sulfonamides is 1. The number of hydrogen-bond acceptors (Lipinski definition) is 4. The Hall–Kier alpha value is -1.40. The molecule has 0 heterocycles. The maximum atomic E-state index is 12.3. The molecule has 0 unspecified atom stereocenters. The van der Waals surface area contributed by atoms with E-state index in [0.29, 0.717) is 11.1 Å². The highest BCUT2D eigenvalue weighted by molar-refractivity contribution is 7.89. The molecule has 1 aliphatic carbocycles. The van der Waals surface area contributed by atoms with E-state index < -0.39 is 16.0 Å². The van der Waals surface area contributed by atoms with Gasteiger partial charge < -0.3 is 4.74 Å². The van der Waals surface area contributed by atoms with E-state index in [9.17, 15) is 13.2 Å². The first-order valence-electron chi connectivity index (χ1n) is 7.14. The Kier molecular flexibility index (Phi) is 4.68. The lowest BCUT2D eigenvalue weighted by Gasteiger charge is -2.22. The van der Waals surface area contributed by atoms with E-state index in [1.165, 1.54) is 12.5 Å². The minimum absolute atomic E-state index is 0.0244. The Bertz CT molecular complexity index is 646. The first-order valence-corrected chi connectivity index (χ1v) is 8.68. The van der Waals surface area contributed by atoms with Gasteiger partial charge in [-0.1, -0.05) is 12.5 Å². The van der Waals surface area contributed by atoms with Crippen LogP contribution in [0.2, 0.25) is 0 Å². The highest BCUT2D eigenvalue weighted by Crippen LogP contribution is 2.24. The van der Waals surface area contributed by atoms with Gasteiger partial charge in [0.1, 0.15) is 6.10 Å². The van der Waals surface area contributed by atoms with Crippen LogP contribution in [-0.2, 0) is 14.8 Å². The fourth-order valence-electron chi connectivity index (χ4n) is 2.76. The standard InChI is InChI=1S/C15H21NO4S/c1-10-8-11(2)14(21(16,18)19)9-13(10)15(17)20-12-6-4-3-5-7-12/h8-9,12H,3-7H2,1-2H3,(H2,16,18,19). The maximum absolute atomic E-state index is 12.3. The van der Waals surface area contributed by atoms with Gasteiger partial charge in [-0.05, 0) is 56.7 Å². The number of nitrogens with two attached hydrogens (primary N) is 1. The maximum Gasteiger partial charge on any atom is 0.338 e. The second-order valence-electron chi connectivity index (χ2n) is 5.64. The van der Waals surface area contributed by atoms with Crippen LogP contribution >= 0.6 is 0 Å². The Morgan fingerprint density at radius 1 is 1.14 bits per heavy atom. The largest absolute Gasteiger partial charge is 0.459 e. The molecule has 1 aromatic carbocycles. The third kappa shape index (κ3) is 3.83. The summed E-state index contributed by atoms with van der Waals surface area (Å²) in [6.45, 7) is 3.42. The number of carbonyl (C=O) groups excluding carboxylic acids is 1. The van der Waals surface area contributed by atoms with Crippen molar-refractivity contribution in [1.82, 2.24) is 0 Å². The summed E-state index contributed by atoms with van der Waals surface area (Å²) in [7, 11) is -3.85. The van der Waals surface area contributed by atoms with Crippen molar-refractivity contribution < 1.29 is 17.9 Å². The molecular weight excluding hydrogens is 290 g/mol. The SMILES string of the molecule is Cc1cc(C)c(S(N)(=O)=O)cc1C(=O)OC1CCCCC1. The van der Waals surface area contributed by atoms with Gasteiger partial charge in [0, 0.05) is 0 Å². The van der Waals surface area contributed by atoms with E-state index in [1.807, 2.05) is 0 Å². The zero-order valence-corrected chi connectivity index (χ0v) is 13.2. The van der Waals surface area contributed by atoms with Crippen LogP contribution in [-0.4, -0.2) is 20.5 Å². The second-order valence-corrected chi connectivity index (χ2v) is 7.17. The molecule has 0 bridgehead atoms. The van der Waals surface area contributed by atoms with Crippen molar-refractivity contribution in [2.45, 2.75) is 57.0 Å². The molecular formula is C15H21NO4S. The van der Waals surface area contributed by atoms with Crippen molar-refractivity contribution in [1.29, 1.82) is 0 Å². The van der Waals surface area contributed by atoms with Crippen molar-refractivity contribution in [3.63, 3.8) is 0 Å². The summed E-state index contributed by atoms with van der Waals surface area (Å²) in [5.41, 5.74) is 1.50. The highest BCUT2D eigenvalue weighted by atomic mass is 32.2. The number of benzene rings is 1. The second kappa shape index (κ2) is 6.15. The average molecular weight is 311 g/mol. The Morgan fingerprint density at radius 3 is 2.33 bits per heavy atom. The first-order chi connectivity index (χ1) is 9.79. The lowest BCUT2D eigenvalue weighted by Crippen LogP contribution is -2.22. The smallest absolute Gasteiger partial charge is 0.338 e. The zero-order chi connectivity index (χ0) is 15.6. The van der Waals surface area contributed by atoms with E-state index in [1.54, 1.807) is 19.9 Å². The summed E-state index contributed by atoms with van der Waals surface area (Å²) in [6, 6.07) is 2.97. The van der Waals surface area contributed by atoms with Crippen molar-refractivity contribution in [3.8, 4) is 0 Å². The van der Waals surface area contributed by atoms with Crippen LogP contribution in [0, 0.1) is 13.8 Å². The molecule has 0 atom stereocenters. The number of hydrogen-bond donors (Lipinski definition) is 1. The number of esters is 1. The topological polar surface area (TPSA) is 86.5 Å². The number of aryl methyl sites for hydroxylation is 2. The number of rotatable bonds is 3. The summed E-state index contributed by atoms with van der Waals surface area (Å²) in [4.78, 5) is 12.2. The Morgan fingerprint density at radius 2 is 1.76 bits per heavy atom. The Labute approximate surface area is 125 Å². The van der Waals surface area contributed by atoms with Crippen molar-refractivity contribution in [2.24, 2.45) is 5.14 Å². The molecule has 6 heteroatoms. The summed E-state index contributed by atoms with van der Waals surface area (Å²) < 4.78 is 28.6. The summed E-state index contributed by atoms with van der Waals surface area (Å²) in [6.07, 6.45) is 4.98. The molecule has 5 nitrogen and oxygen atoms in total. The minimum atomic E-state index is -3.85. The molecule has 1 aliphatic rings. The predicted molar refractivity (Wildman–Crippen MR) is 79.6 cm³/mol. The van der Waals surface area contributed by atoms with E-state index in [2.05, 4.69) is 0 Å². The number of ether oxygens (including phenoxy) is 1. The summed E-state index contributed by atoms with van der Waals surface area (Å²) >= 11 is 0.